The number of rotatable bonds is 5. The number of aromatic nitrogens is 2. The van der Waals surface area contributed by atoms with Gasteiger partial charge in [-0.25, -0.2) is 9.59 Å². The molecule has 0 bridgehead atoms. The number of nitrogens with one attached hydrogen (secondary N) is 2. The van der Waals surface area contributed by atoms with E-state index < -0.39 is 39.3 Å². The average Bonchev–Trinajstić information content (AvgIpc) is 3.14. The minimum atomic E-state index is -0.915. The van der Waals surface area contributed by atoms with Crippen LogP contribution in [0.25, 0.3) is 0 Å². The van der Waals surface area contributed by atoms with Gasteiger partial charge in [-0.05, 0) is 17.4 Å². The Hall–Kier alpha value is -2.99. The summed E-state index contributed by atoms with van der Waals surface area (Å²) in [5, 5.41) is 18.1. The van der Waals surface area contributed by atoms with E-state index in [9.17, 15) is 24.5 Å². The van der Waals surface area contributed by atoms with Crippen molar-refractivity contribution in [3.63, 3.8) is 0 Å². The van der Waals surface area contributed by atoms with Crippen LogP contribution in [0.4, 0.5) is 10.8 Å². The van der Waals surface area contributed by atoms with Crippen molar-refractivity contribution in [3.8, 4) is 0 Å². The molecule has 138 valence electrons. The Morgan fingerprint density at radius 1 is 1.27 bits per heavy atom. The smallest absolute Gasteiger partial charge is 0.362 e. The number of carbonyl (C=O) groups excluding carboxylic acids is 3. The number of carbonyl (C=O) groups is 3. The zero-order valence-electron chi connectivity index (χ0n) is 13.5. The molecule has 1 amide bonds. The van der Waals surface area contributed by atoms with E-state index >= 15 is 0 Å². The van der Waals surface area contributed by atoms with E-state index in [-0.39, 0.29) is 21.0 Å². The number of H-pyrrole nitrogens is 1. The van der Waals surface area contributed by atoms with Crippen molar-refractivity contribution in [1.29, 1.82) is 0 Å². The molecule has 0 saturated heterocycles. The van der Waals surface area contributed by atoms with Crippen LogP contribution >= 0.6 is 22.9 Å². The lowest BCUT2D eigenvalue weighted by atomic mass is 10.1. The van der Waals surface area contributed by atoms with Gasteiger partial charge in [-0.3, -0.25) is 4.79 Å². The molecule has 2 rings (SSSR count). The molecule has 11 nitrogen and oxygen atoms in total. The number of hydrogen-bond acceptors (Lipinski definition) is 9. The molecule has 2 N–H and O–H groups in total. The van der Waals surface area contributed by atoms with Crippen LogP contribution in [0, 0.1) is 17.0 Å². The largest absolute Gasteiger partial charge is 0.465 e. The average molecular weight is 403 g/mol. The second kappa shape index (κ2) is 7.49. The number of methoxy groups -OCH3 is 2. The van der Waals surface area contributed by atoms with E-state index in [0.29, 0.717) is 0 Å². The molecule has 0 aliphatic heterocycles. The fraction of sp³-hybridized carbons (Fsp3) is 0.231. The van der Waals surface area contributed by atoms with Crippen molar-refractivity contribution in [3.05, 3.63) is 36.8 Å². The zero-order chi connectivity index (χ0) is 19.6. The molecule has 0 aliphatic carbocycles. The van der Waals surface area contributed by atoms with Crippen molar-refractivity contribution in [2.75, 3.05) is 19.5 Å². The van der Waals surface area contributed by atoms with Crippen LogP contribution in [0.5, 0.6) is 0 Å². The number of amides is 1. The highest BCUT2D eigenvalue weighted by atomic mass is 35.5. The van der Waals surface area contributed by atoms with Crippen LogP contribution < -0.4 is 5.32 Å². The van der Waals surface area contributed by atoms with E-state index in [0.717, 1.165) is 18.4 Å². The molecule has 0 spiro atoms. The van der Waals surface area contributed by atoms with Crippen molar-refractivity contribution in [1.82, 2.24) is 10.2 Å². The summed E-state index contributed by atoms with van der Waals surface area (Å²) in [6, 6.07) is 0. The van der Waals surface area contributed by atoms with E-state index in [2.05, 4.69) is 19.9 Å². The van der Waals surface area contributed by atoms with Crippen LogP contribution in [-0.4, -0.2) is 47.2 Å². The minimum Gasteiger partial charge on any atom is -0.465 e. The quantitative estimate of drug-likeness (QED) is 0.438. The highest BCUT2D eigenvalue weighted by Gasteiger charge is 2.30. The van der Waals surface area contributed by atoms with Crippen LogP contribution in [0.15, 0.2) is 0 Å². The maximum atomic E-state index is 12.3. The summed E-state index contributed by atoms with van der Waals surface area (Å²) in [7, 11) is 2.30. The van der Waals surface area contributed by atoms with Crippen LogP contribution in [0.2, 0.25) is 5.02 Å². The fourth-order valence-corrected chi connectivity index (χ4v) is 3.34. The predicted molar refractivity (Wildman–Crippen MR) is 89.9 cm³/mol. The molecule has 0 aliphatic rings. The maximum absolute atomic E-state index is 12.3. The molecule has 2 aromatic heterocycles. The summed E-state index contributed by atoms with van der Waals surface area (Å²) < 4.78 is 9.29. The Morgan fingerprint density at radius 3 is 2.38 bits per heavy atom. The number of aromatic amines is 1. The van der Waals surface area contributed by atoms with Gasteiger partial charge in [0, 0.05) is 0 Å². The molecule has 0 atom stereocenters. The molecule has 26 heavy (non-hydrogen) atoms. The van der Waals surface area contributed by atoms with E-state index in [4.69, 9.17) is 11.6 Å². The molecule has 2 aromatic rings. The molecular formula is C13H11ClN4O7S. The molecule has 0 saturated carbocycles. The van der Waals surface area contributed by atoms with Crippen molar-refractivity contribution >= 4 is 51.6 Å². The summed E-state index contributed by atoms with van der Waals surface area (Å²) in [6.07, 6.45) is 0. The van der Waals surface area contributed by atoms with Gasteiger partial charge in [0.2, 0.25) is 0 Å². The Morgan fingerprint density at radius 2 is 1.88 bits per heavy atom. The van der Waals surface area contributed by atoms with Gasteiger partial charge in [-0.1, -0.05) is 16.7 Å². The Kier molecular flexibility index (Phi) is 5.57. The topological polar surface area (TPSA) is 154 Å². The summed E-state index contributed by atoms with van der Waals surface area (Å²) in [5.74, 6) is -3.06. The first-order chi connectivity index (χ1) is 12.2. The SMILES string of the molecule is COC(=O)c1sc(NC(=O)c2n[nH]c([N+](=O)[O-])c2Cl)c(C(=O)OC)c1C. The number of thiophene rings is 1. The Balaban J connectivity index is 2.45. The van der Waals surface area contributed by atoms with Gasteiger partial charge in [0.25, 0.3) is 5.91 Å². The first kappa shape index (κ1) is 19.3. The van der Waals surface area contributed by atoms with Crippen LogP contribution in [0.3, 0.4) is 0 Å². The number of halogens is 1. The van der Waals surface area contributed by atoms with Crippen LogP contribution in [-0.2, 0) is 9.47 Å². The number of ether oxygens (including phenoxy) is 2. The zero-order valence-corrected chi connectivity index (χ0v) is 15.1. The van der Waals surface area contributed by atoms with Gasteiger partial charge in [0.15, 0.2) is 10.7 Å². The van der Waals surface area contributed by atoms with Gasteiger partial charge in [0.05, 0.1) is 19.8 Å². The normalized spacial score (nSPS) is 10.3. The maximum Gasteiger partial charge on any atom is 0.362 e. The Labute approximate surface area is 154 Å². The summed E-state index contributed by atoms with van der Waals surface area (Å²) >= 11 is 6.54. The second-order valence-corrected chi connectivity index (χ2v) is 6.09. The van der Waals surface area contributed by atoms with Crippen molar-refractivity contribution < 1.29 is 28.8 Å². The summed E-state index contributed by atoms with van der Waals surface area (Å²) in [5.41, 5.74) is -0.240. The molecule has 0 radical (unpaired) electrons. The lowest BCUT2D eigenvalue weighted by molar-refractivity contribution is -0.389. The van der Waals surface area contributed by atoms with Gasteiger partial charge >= 0.3 is 17.8 Å². The molecule has 0 fully saturated rings. The lowest BCUT2D eigenvalue weighted by Crippen LogP contribution is -2.15. The van der Waals surface area contributed by atoms with E-state index in [1.54, 1.807) is 0 Å². The molecule has 2 heterocycles. The molecule has 13 heteroatoms. The van der Waals surface area contributed by atoms with Gasteiger partial charge in [-0.15, -0.1) is 16.4 Å². The first-order valence-electron chi connectivity index (χ1n) is 6.72. The predicted octanol–water partition coefficient (Wildman–Crippen LogP) is 2.17. The van der Waals surface area contributed by atoms with Crippen molar-refractivity contribution in [2.24, 2.45) is 0 Å². The summed E-state index contributed by atoms with van der Waals surface area (Å²) in [4.78, 5) is 46.2. The standard InChI is InChI=1S/C13H11ClN4O7S/c1-4-5(12(20)24-2)11(26-8(4)13(21)25-3)15-10(19)7-6(14)9(17-16-7)18(22)23/h1-3H3,(H,15,19)(H,16,17). The molecular weight excluding hydrogens is 392 g/mol. The van der Waals surface area contributed by atoms with Gasteiger partial charge in [-0.2, -0.15) is 0 Å². The fourth-order valence-electron chi connectivity index (χ4n) is 1.99. The second-order valence-electron chi connectivity index (χ2n) is 4.69. The number of anilines is 1. The third-order valence-electron chi connectivity index (χ3n) is 3.22. The Bertz CT molecular complexity index is 920. The highest BCUT2D eigenvalue weighted by Crippen LogP contribution is 2.35. The summed E-state index contributed by atoms with van der Waals surface area (Å²) in [6.45, 7) is 1.48. The number of nitro groups is 1. The number of hydrogen-bond donors (Lipinski definition) is 2. The lowest BCUT2D eigenvalue weighted by Gasteiger charge is -2.04. The number of esters is 2. The minimum absolute atomic E-state index is 0.0125. The van der Waals surface area contributed by atoms with Gasteiger partial charge in [0.1, 0.15) is 9.88 Å². The first-order valence-corrected chi connectivity index (χ1v) is 7.91. The third kappa shape index (κ3) is 3.36. The third-order valence-corrected chi connectivity index (χ3v) is 4.77. The van der Waals surface area contributed by atoms with Crippen molar-refractivity contribution in [2.45, 2.75) is 6.92 Å². The van der Waals surface area contributed by atoms with E-state index in [1.165, 1.54) is 14.0 Å². The van der Waals surface area contributed by atoms with E-state index in [1.807, 2.05) is 5.10 Å². The number of nitrogens with zero attached hydrogens (tertiary/aromatic N) is 2. The van der Waals surface area contributed by atoms with Gasteiger partial charge < -0.3 is 24.9 Å². The highest BCUT2D eigenvalue weighted by molar-refractivity contribution is 7.18. The monoisotopic (exact) mass is 402 g/mol. The molecule has 0 aromatic carbocycles. The van der Waals surface area contributed by atoms with Crippen LogP contribution in [0.1, 0.15) is 36.1 Å². The molecule has 0 unspecified atom stereocenters.